The van der Waals surface area contributed by atoms with Crippen LogP contribution in [0, 0.1) is 6.92 Å². The highest BCUT2D eigenvalue weighted by Crippen LogP contribution is 2.37. The third-order valence-electron chi connectivity index (χ3n) is 3.27. The number of benzene rings is 1. The topological polar surface area (TPSA) is 60.2 Å². The number of hydrogen-bond acceptors (Lipinski definition) is 2. The largest absolute Gasteiger partial charge is 0.238 e. The summed E-state index contributed by atoms with van der Waals surface area (Å²) in [5.41, 5.74) is 2.01. The maximum Gasteiger partial charge on any atom is 0.238 e. The molecular weight excluding hydrogens is 222 g/mol. The monoisotopic (exact) mass is 239 g/mol. The molecule has 0 unspecified atom stereocenters. The molecule has 0 radical (unpaired) electrons. The van der Waals surface area contributed by atoms with Crippen molar-refractivity contribution in [3.63, 3.8) is 0 Å². The van der Waals surface area contributed by atoms with E-state index in [0.717, 1.165) is 24.0 Å². The minimum atomic E-state index is -3.59. The minimum Gasteiger partial charge on any atom is -0.225 e. The summed E-state index contributed by atoms with van der Waals surface area (Å²) in [6, 6.07) is 5.41. The van der Waals surface area contributed by atoms with Crippen molar-refractivity contribution in [1.29, 1.82) is 0 Å². The zero-order valence-electron chi connectivity index (χ0n) is 9.44. The molecule has 4 heteroatoms. The Morgan fingerprint density at radius 1 is 1.25 bits per heavy atom. The van der Waals surface area contributed by atoms with E-state index in [2.05, 4.69) is 0 Å². The summed E-state index contributed by atoms with van der Waals surface area (Å²) in [4.78, 5) is 0.310. The van der Waals surface area contributed by atoms with E-state index in [-0.39, 0.29) is 0 Å². The highest BCUT2D eigenvalue weighted by molar-refractivity contribution is 7.89. The lowest BCUT2D eigenvalue weighted by atomic mass is 9.96. The van der Waals surface area contributed by atoms with Crippen LogP contribution in [0.3, 0.4) is 0 Å². The molecule has 1 aromatic rings. The molecule has 88 valence electrons. The van der Waals surface area contributed by atoms with E-state index >= 15 is 0 Å². The van der Waals surface area contributed by atoms with Gasteiger partial charge >= 0.3 is 0 Å². The van der Waals surface area contributed by atoms with Crippen molar-refractivity contribution < 1.29 is 8.42 Å². The van der Waals surface area contributed by atoms with Gasteiger partial charge in [-0.05, 0) is 37.3 Å². The lowest BCUT2D eigenvalue weighted by Crippen LogP contribution is -2.15. The van der Waals surface area contributed by atoms with E-state index in [0.29, 0.717) is 10.8 Å². The van der Waals surface area contributed by atoms with Crippen molar-refractivity contribution in [2.75, 3.05) is 0 Å². The van der Waals surface area contributed by atoms with E-state index in [1.165, 1.54) is 12.8 Å². The molecule has 2 rings (SSSR count). The first-order chi connectivity index (χ1) is 7.48. The summed E-state index contributed by atoms with van der Waals surface area (Å²) >= 11 is 0. The third kappa shape index (κ3) is 2.28. The molecule has 0 amide bonds. The number of aryl methyl sites for hydroxylation is 1. The molecule has 0 aliphatic heterocycles. The molecule has 0 aromatic heterocycles. The molecule has 3 nitrogen and oxygen atoms in total. The van der Waals surface area contributed by atoms with E-state index in [1.54, 1.807) is 12.1 Å². The zero-order valence-corrected chi connectivity index (χ0v) is 10.3. The molecule has 0 bridgehead atoms. The maximum absolute atomic E-state index is 11.5. The van der Waals surface area contributed by atoms with Crippen LogP contribution in [0.5, 0.6) is 0 Å². The number of primary sulfonamides is 1. The Bertz CT molecular complexity index is 488. The molecule has 0 saturated heterocycles. The molecule has 1 aliphatic rings. The molecule has 1 saturated carbocycles. The summed E-state index contributed by atoms with van der Waals surface area (Å²) in [5, 5.41) is 5.25. The van der Waals surface area contributed by atoms with E-state index in [1.807, 2.05) is 13.0 Å². The summed E-state index contributed by atoms with van der Waals surface area (Å²) in [7, 11) is -3.59. The van der Waals surface area contributed by atoms with Crippen molar-refractivity contribution >= 4 is 10.0 Å². The first-order valence-electron chi connectivity index (χ1n) is 5.62. The van der Waals surface area contributed by atoms with Gasteiger partial charge in [-0.3, -0.25) is 0 Å². The smallest absolute Gasteiger partial charge is 0.225 e. The Morgan fingerprint density at radius 3 is 2.44 bits per heavy atom. The molecule has 16 heavy (non-hydrogen) atoms. The fraction of sp³-hybridized carbons (Fsp3) is 0.500. The fourth-order valence-corrected chi connectivity index (χ4v) is 3.29. The molecule has 1 fully saturated rings. The first kappa shape index (κ1) is 11.6. The van der Waals surface area contributed by atoms with Gasteiger partial charge in [0.25, 0.3) is 0 Å². The second-order valence-corrected chi connectivity index (χ2v) is 6.10. The van der Waals surface area contributed by atoms with Gasteiger partial charge < -0.3 is 0 Å². The SMILES string of the molecule is Cc1ccc(S(N)(=O)=O)c(C2CCCC2)c1. The molecule has 1 aliphatic carbocycles. The van der Waals surface area contributed by atoms with Crippen LogP contribution in [0.4, 0.5) is 0 Å². The maximum atomic E-state index is 11.5. The lowest BCUT2D eigenvalue weighted by Gasteiger charge is -2.14. The van der Waals surface area contributed by atoms with Crippen LogP contribution in [0.15, 0.2) is 23.1 Å². The van der Waals surface area contributed by atoms with E-state index in [4.69, 9.17) is 5.14 Å². The molecule has 2 N–H and O–H groups in total. The van der Waals surface area contributed by atoms with Crippen molar-refractivity contribution in [3.8, 4) is 0 Å². The van der Waals surface area contributed by atoms with Gasteiger partial charge in [0.05, 0.1) is 4.90 Å². The van der Waals surface area contributed by atoms with Gasteiger partial charge in [0, 0.05) is 0 Å². The summed E-state index contributed by atoms with van der Waals surface area (Å²) < 4.78 is 23.0. The van der Waals surface area contributed by atoms with Crippen LogP contribution in [-0.4, -0.2) is 8.42 Å². The highest BCUT2D eigenvalue weighted by Gasteiger charge is 2.23. The van der Waals surface area contributed by atoms with Crippen LogP contribution >= 0.6 is 0 Å². The van der Waals surface area contributed by atoms with Gasteiger partial charge in [-0.15, -0.1) is 0 Å². The number of sulfonamides is 1. The van der Waals surface area contributed by atoms with Gasteiger partial charge in [0.15, 0.2) is 0 Å². The number of rotatable bonds is 2. The molecule has 1 aromatic carbocycles. The standard InChI is InChI=1S/C12H17NO2S/c1-9-6-7-12(16(13,14)15)11(8-9)10-4-2-3-5-10/h6-8,10H,2-5H2,1H3,(H2,13,14,15). The number of nitrogens with two attached hydrogens (primary N) is 1. The average molecular weight is 239 g/mol. The Labute approximate surface area is 96.7 Å². The van der Waals surface area contributed by atoms with E-state index < -0.39 is 10.0 Å². The number of hydrogen-bond donors (Lipinski definition) is 1. The summed E-state index contributed by atoms with van der Waals surface area (Å²) in [6.07, 6.45) is 4.52. The lowest BCUT2D eigenvalue weighted by molar-refractivity contribution is 0.593. The molecular formula is C12H17NO2S. The van der Waals surface area contributed by atoms with Gasteiger partial charge in [-0.2, -0.15) is 0 Å². The van der Waals surface area contributed by atoms with Gasteiger partial charge in [0.1, 0.15) is 0 Å². The van der Waals surface area contributed by atoms with Crippen LogP contribution in [0.2, 0.25) is 0 Å². The third-order valence-corrected chi connectivity index (χ3v) is 4.25. The van der Waals surface area contributed by atoms with Crippen molar-refractivity contribution in [3.05, 3.63) is 29.3 Å². The van der Waals surface area contributed by atoms with Crippen LogP contribution < -0.4 is 5.14 Å². The van der Waals surface area contributed by atoms with Crippen molar-refractivity contribution in [2.45, 2.75) is 43.4 Å². The Hall–Kier alpha value is -0.870. The van der Waals surface area contributed by atoms with Gasteiger partial charge in [-0.1, -0.05) is 30.5 Å². The first-order valence-corrected chi connectivity index (χ1v) is 7.16. The second-order valence-electron chi connectivity index (χ2n) is 4.57. The summed E-state index contributed by atoms with van der Waals surface area (Å²) in [5.74, 6) is 0.369. The van der Waals surface area contributed by atoms with Crippen LogP contribution in [0.25, 0.3) is 0 Å². The fourth-order valence-electron chi connectivity index (χ4n) is 2.48. The normalized spacial score (nSPS) is 17.9. The Kier molecular flexibility index (Phi) is 3.04. The average Bonchev–Trinajstić information content (AvgIpc) is 2.68. The summed E-state index contributed by atoms with van der Waals surface area (Å²) in [6.45, 7) is 1.98. The predicted octanol–water partition coefficient (Wildman–Crippen LogP) is 2.30. The highest BCUT2D eigenvalue weighted by atomic mass is 32.2. The van der Waals surface area contributed by atoms with Gasteiger partial charge in [-0.25, -0.2) is 13.6 Å². The predicted molar refractivity (Wildman–Crippen MR) is 63.8 cm³/mol. The van der Waals surface area contributed by atoms with Crippen molar-refractivity contribution in [1.82, 2.24) is 0 Å². The minimum absolute atomic E-state index is 0.310. The molecule has 0 spiro atoms. The van der Waals surface area contributed by atoms with Crippen LogP contribution in [0.1, 0.15) is 42.7 Å². The second kappa shape index (κ2) is 4.18. The van der Waals surface area contributed by atoms with Crippen LogP contribution in [-0.2, 0) is 10.0 Å². The van der Waals surface area contributed by atoms with Gasteiger partial charge in [0.2, 0.25) is 10.0 Å². The molecule has 0 heterocycles. The molecule has 0 atom stereocenters. The quantitative estimate of drug-likeness (QED) is 0.860. The zero-order chi connectivity index (χ0) is 11.8. The Balaban J connectivity index is 2.52. The van der Waals surface area contributed by atoms with E-state index in [9.17, 15) is 8.42 Å². The van der Waals surface area contributed by atoms with Crippen molar-refractivity contribution in [2.24, 2.45) is 5.14 Å². The Morgan fingerprint density at radius 2 is 1.88 bits per heavy atom.